The molecule has 3 aliphatic heterocycles. The van der Waals surface area contributed by atoms with Crippen LogP contribution in [0.25, 0.3) is 0 Å². The van der Waals surface area contributed by atoms with Crippen molar-refractivity contribution < 1.29 is 28.9 Å². The largest absolute Gasteiger partial charge is 0.486 e. The van der Waals surface area contributed by atoms with E-state index in [0.29, 0.717) is 57.2 Å². The van der Waals surface area contributed by atoms with Gasteiger partial charge in [-0.25, -0.2) is 0 Å². The average Bonchev–Trinajstić information content (AvgIpc) is 3.03. The number of benzene rings is 2. The van der Waals surface area contributed by atoms with Crippen LogP contribution in [0.15, 0.2) is 36.4 Å². The van der Waals surface area contributed by atoms with E-state index < -0.39 is 12.1 Å². The predicted molar refractivity (Wildman–Crippen MR) is 149 cm³/mol. The highest BCUT2D eigenvalue weighted by atomic mass is 16.6. The van der Waals surface area contributed by atoms with Crippen molar-refractivity contribution >= 4 is 17.6 Å². The fraction of sp³-hybridized carbons (Fsp3) is 0.548. The van der Waals surface area contributed by atoms with Gasteiger partial charge in [-0.3, -0.25) is 9.59 Å². The molecule has 1 amide bonds. The summed E-state index contributed by atoms with van der Waals surface area (Å²) in [5, 5.41) is 9.36. The van der Waals surface area contributed by atoms with E-state index in [1.54, 1.807) is 4.90 Å². The van der Waals surface area contributed by atoms with Gasteiger partial charge in [0.25, 0.3) is 0 Å². The summed E-state index contributed by atoms with van der Waals surface area (Å²) in [6.07, 6.45) is 0.411. The van der Waals surface area contributed by atoms with Gasteiger partial charge in [-0.05, 0) is 37.3 Å². The minimum absolute atomic E-state index is 0.00936. The lowest BCUT2D eigenvalue weighted by Crippen LogP contribution is -2.44. The first-order valence-electron chi connectivity index (χ1n) is 14.0. The van der Waals surface area contributed by atoms with Crippen molar-refractivity contribution in [3.63, 3.8) is 0 Å². The zero-order chi connectivity index (χ0) is 27.7. The minimum atomic E-state index is -0.777. The van der Waals surface area contributed by atoms with Crippen molar-refractivity contribution in [1.82, 2.24) is 4.90 Å². The highest BCUT2D eigenvalue weighted by Gasteiger charge is 2.36. The molecule has 1 saturated heterocycles. The van der Waals surface area contributed by atoms with Crippen LogP contribution in [-0.4, -0.2) is 67.4 Å². The first-order chi connectivity index (χ1) is 18.6. The molecular formula is C31H40N2O6. The van der Waals surface area contributed by atoms with Crippen molar-refractivity contribution in [2.24, 2.45) is 11.3 Å². The molecule has 8 heteroatoms. The summed E-state index contributed by atoms with van der Waals surface area (Å²) in [5.74, 6) is 0.266. The number of ether oxygens (including phenoxy) is 3. The number of hydrogen-bond donors (Lipinski definition) is 1. The van der Waals surface area contributed by atoms with Gasteiger partial charge in [0, 0.05) is 43.0 Å². The molecule has 0 spiro atoms. The zero-order valence-corrected chi connectivity index (χ0v) is 23.4. The van der Waals surface area contributed by atoms with E-state index in [4.69, 9.17) is 14.2 Å². The van der Waals surface area contributed by atoms with E-state index in [-0.39, 0.29) is 29.8 Å². The Hall–Kier alpha value is -3.26. The Morgan fingerprint density at radius 3 is 2.49 bits per heavy atom. The number of hydrogen-bond acceptors (Lipinski definition) is 6. The van der Waals surface area contributed by atoms with Crippen LogP contribution >= 0.6 is 0 Å². The number of amides is 1. The molecule has 1 N–H and O–H groups in total. The Morgan fingerprint density at radius 1 is 1.03 bits per heavy atom. The van der Waals surface area contributed by atoms with E-state index in [0.717, 1.165) is 28.9 Å². The first-order valence-corrected chi connectivity index (χ1v) is 14.0. The number of piperidine rings is 1. The third-order valence-electron chi connectivity index (χ3n) is 7.70. The predicted octanol–water partition coefficient (Wildman–Crippen LogP) is 4.82. The topological polar surface area (TPSA) is 88.5 Å². The van der Waals surface area contributed by atoms with Gasteiger partial charge in [0.2, 0.25) is 5.91 Å². The van der Waals surface area contributed by atoms with E-state index in [9.17, 15) is 14.7 Å². The highest BCUT2D eigenvalue weighted by molar-refractivity contribution is 5.78. The maximum absolute atomic E-state index is 13.5. The van der Waals surface area contributed by atoms with Crippen LogP contribution in [0.2, 0.25) is 0 Å². The molecule has 8 nitrogen and oxygen atoms in total. The maximum Gasteiger partial charge on any atom is 0.306 e. The number of carbonyl (C=O) groups is 2. The number of anilines is 1. The fourth-order valence-corrected chi connectivity index (χ4v) is 5.90. The smallest absolute Gasteiger partial charge is 0.306 e. The molecule has 2 aromatic carbocycles. The molecule has 0 radical (unpaired) electrons. The summed E-state index contributed by atoms with van der Waals surface area (Å²) < 4.78 is 18.9. The van der Waals surface area contributed by atoms with E-state index in [2.05, 4.69) is 50.8 Å². The molecule has 0 bridgehead atoms. The fourth-order valence-electron chi connectivity index (χ4n) is 5.90. The van der Waals surface area contributed by atoms with Crippen molar-refractivity contribution in [3.8, 4) is 11.5 Å². The van der Waals surface area contributed by atoms with Crippen molar-refractivity contribution in [2.75, 3.05) is 44.3 Å². The zero-order valence-electron chi connectivity index (χ0n) is 23.4. The van der Waals surface area contributed by atoms with Crippen LogP contribution in [0.3, 0.4) is 0 Å². The molecule has 0 aliphatic carbocycles. The second-order valence-electron chi connectivity index (χ2n) is 12.2. The van der Waals surface area contributed by atoms with Gasteiger partial charge < -0.3 is 29.1 Å². The summed E-state index contributed by atoms with van der Waals surface area (Å²) >= 11 is 0. The van der Waals surface area contributed by atoms with Crippen LogP contribution in [-0.2, 0) is 14.3 Å². The van der Waals surface area contributed by atoms with Crippen LogP contribution in [0.4, 0.5) is 5.69 Å². The highest BCUT2D eigenvalue weighted by Crippen LogP contribution is 2.45. The molecule has 0 unspecified atom stereocenters. The number of para-hydroxylation sites is 1. The molecular weight excluding hydrogens is 496 g/mol. The minimum Gasteiger partial charge on any atom is -0.486 e. The molecule has 0 aromatic heterocycles. The van der Waals surface area contributed by atoms with Crippen LogP contribution < -0.4 is 14.4 Å². The molecule has 39 heavy (non-hydrogen) atoms. The summed E-state index contributed by atoms with van der Waals surface area (Å²) in [6, 6.07) is 12.4. The monoisotopic (exact) mass is 536 g/mol. The van der Waals surface area contributed by atoms with Crippen LogP contribution in [0.5, 0.6) is 11.5 Å². The molecule has 5 rings (SSSR count). The standard InChI is InChI=1S/C31H40N2O6/c1-20-8-9-25-24(16-20)28(23-6-5-7-26-29(23)38-15-14-37-26)39-22(18-33(25)19-31(2,3)4)17-27(34)32-12-10-21(11-13-32)30(35)36/h5-9,16,21-22,28H,10-15,17-19H2,1-4H3,(H,35,36)/t22-,28-/m0/s1. The van der Waals surface area contributed by atoms with Gasteiger partial charge in [0.15, 0.2) is 11.5 Å². The number of likely N-dealkylation sites (tertiary alicyclic amines) is 1. The molecule has 2 atom stereocenters. The van der Waals surface area contributed by atoms with Gasteiger partial charge in [-0.2, -0.15) is 0 Å². The second kappa shape index (κ2) is 11.1. The van der Waals surface area contributed by atoms with Crippen molar-refractivity contribution in [3.05, 3.63) is 53.1 Å². The van der Waals surface area contributed by atoms with E-state index in [1.807, 2.05) is 18.2 Å². The molecule has 3 heterocycles. The quantitative estimate of drug-likeness (QED) is 0.586. The van der Waals surface area contributed by atoms with Crippen molar-refractivity contribution in [1.29, 1.82) is 0 Å². The van der Waals surface area contributed by atoms with Gasteiger partial charge in [-0.1, -0.05) is 50.6 Å². The number of nitrogens with zero attached hydrogens (tertiary/aromatic N) is 2. The maximum atomic E-state index is 13.5. The Balaban J connectivity index is 1.49. The number of fused-ring (bicyclic) bond motifs is 2. The molecule has 2 aromatic rings. The lowest BCUT2D eigenvalue weighted by molar-refractivity contribution is -0.146. The number of aryl methyl sites for hydroxylation is 1. The Kier molecular flexibility index (Phi) is 7.76. The molecule has 210 valence electrons. The van der Waals surface area contributed by atoms with Gasteiger partial charge in [-0.15, -0.1) is 0 Å². The van der Waals surface area contributed by atoms with Crippen LogP contribution in [0.1, 0.15) is 62.8 Å². The van der Waals surface area contributed by atoms with Crippen molar-refractivity contribution in [2.45, 2.75) is 59.2 Å². The third kappa shape index (κ3) is 6.16. The summed E-state index contributed by atoms with van der Waals surface area (Å²) in [7, 11) is 0. The number of carboxylic acid groups (broad SMARTS) is 1. The van der Waals surface area contributed by atoms with Gasteiger partial charge in [0.05, 0.1) is 18.4 Å². The Labute approximate surface area is 230 Å². The first kappa shape index (κ1) is 27.3. The van der Waals surface area contributed by atoms with E-state index in [1.165, 1.54) is 0 Å². The molecule has 1 fully saturated rings. The normalized spacial score (nSPS) is 21.7. The Morgan fingerprint density at radius 2 is 1.77 bits per heavy atom. The second-order valence-corrected chi connectivity index (χ2v) is 12.2. The van der Waals surface area contributed by atoms with Gasteiger partial charge in [0.1, 0.15) is 19.3 Å². The summed E-state index contributed by atoms with van der Waals surface area (Å²) in [5.41, 5.74) is 4.22. The van der Waals surface area contributed by atoms with E-state index >= 15 is 0 Å². The molecule has 0 saturated carbocycles. The Bertz CT molecular complexity index is 1210. The third-order valence-corrected chi connectivity index (χ3v) is 7.70. The summed E-state index contributed by atoms with van der Waals surface area (Å²) in [6.45, 7) is 12.0. The average molecular weight is 537 g/mol. The molecule has 3 aliphatic rings. The SMILES string of the molecule is Cc1ccc2c(c1)[C@H](c1cccc3c1OCCO3)O[C@@H](CC(=O)N1CCC(C(=O)O)CC1)CN2CC(C)(C)C. The number of carbonyl (C=O) groups excluding carboxylic acids is 1. The number of carboxylic acids is 1. The lowest BCUT2D eigenvalue weighted by atomic mass is 9.93. The summed E-state index contributed by atoms with van der Waals surface area (Å²) in [4.78, 5) is 29.0. The number of aliphatic carboxylic acids is 1. The lowest BCUT2D eigenvalue weighted by Gasteiger charge is -2.34. The van der Waals surface area contributed by atoms with Gasteiger partial charge >= 0.3 is 5.97 Å². The number of rotatable bonds is 5. The van der Waals surface area contributed by atoms with Crippen LogP contribution in [0, 0.1) is 18.3 Å².